The minimum Gasteiger partial charge on any atom is -0.337 e. The maximum Gasteiger partial charge on any atom is 0.247 e. The fourth-order valence-corrected chi connectivity index (χ4v) is 1.63. The van der Waals surface area contributed by atoms with Crippen LogP contribution in [0.1, 0.15) is 44.3 Å². The third-order valence-electron chi connectivity index (χ3n) is 2.94. The van der Waals surface area contributed by atoms with E-state index in [2.05, 4.69) is 43.0 Å². The molecule has 14 heavy (non-hydrogen) atoms. The van der Waals surface area contributed by atoms with Crippen LogP contribution in [-0.4, -0.2) is 29.1 Å². The summed E-state index contributed by atoms with van der Waals surface area (Å²) in [6, 6.07) is 0. The molecule has 0 aliphatic heterocycles. The number of hydrogen-bond donors (Lipinski definition) is 0. The number of aromatic nitrogens is 2. The maximum atomic E-state index is 5.31. The number of hydrogen-bond acceptors (Lipinski definition) is 4. The Morgan fingerprint density at radius 2 is 2.00 bits per heavy atom. The van der Waals surface area contributed by atoms with Crippen LogP contribution in [0, 0.1) is 0 Å². The van der Waals surface area contributed by atoms with Gasteiger partial charge < -0.3 is 4.52 Å². The second-order valence-electron chi connectivity index (χ2n) is 4.54. The lowest BCUT2D eigenvalue weighted by Gasteiger charge is -2.18. The molecule has 78 valence electrons. The standard InChI is InChI=1S/C10H17N3O/c1-7(2)8-11-9(14-12-8)10(5-6-10)13(3)4/h7H,5-6H2,1-4H3. The van der Waals surface area contributed by atoms with Crippen LogP contribution in [0.15, 0.2) is 4.52 Å². The van der Waals surface area contributed by atoms with Gasteiger partial charge >= 0.3 is 0 Å². The number of rotatable bonds is 3. The van der Waals surface area contributed by atoms with E-state index in [1.54, 1.807) is 0 Å². The van der Waals surface area contributed by atoms with Crippen LogP contribution < -0.4 is 0 Å². The van der Waals surface area contributed by atoms with Crippen molar-refractivity contribution in [2.75, 3.05) is 14.1 Å². The predicted octanol–water partition coefficient (Wildman–Crippen LogP) is 1.74. The topological polar surface area (TPSA) is 42.2 Å². The summed E-state index contributed by atoms with van der Waals surface area (Å²) in [4.78, 5) is 6.62. The largest absolute Gasteiger partial charge is 0.337 e. The molecular formula is C10H17N3O. The average Bonchev–Trinajstić information content (AvgIpc) is 2.77. The van der Waals surface area contributed by atoms with Crippen LogP contribution in [0.2, 0.25) is 0 Å². The third-order valence-corrected chi connectivity index (χ3v) is 2.94. The summed E-state index contributed by atoms with van der Waals surface area (Å²) in [6.07, 6.45) is 2.25. The smallest absolute Gasteiger partial charge is 0.247 e. The third kappa shape index (κ3) is 1.34. The van der Waals surface area contributed by atoms with Gasteiger partial charge in [-0.05, 0) is 26.9 Å². The molecule has 1 fully saturated rings. The van der Waals surface area contributed by atoms with Crippen molar-refractivity contribution in [2.24, 2.45) is 0 Å². The van der Waals surface area contributed by atoms with Crippen LogP contribution >= 0.6 is 0 Å². The van der Waals surface area contributed by atoms with Crippen LogP contribution in [0.4, 0.5) is 0 Å². The highest BCUT2D eigenvalue weighted by Gasteiger charge is 2.51. The van der Waals surface area contributed by atoms with Crippen LogP contribution in [0.25, 0.3) is 0 Å². The molecule has 0 aromatic carbocycles. The van der Waals surface area contributed by atoms with Gasteiger partial charge in [0, 0.05) is 5.92 Å². The van der Waals surface area contributed by atoms with Crippen molar-refractivity contribution >= 4 is 0 Å². The maximum absolute atomic E-state index is 5.31. The van der Waals surface area contributed by atoms with Crippen LogP contribution in [-0.2, 0) is 5.54 Å². The van der Waals surface area contributed by atoms with Gasteiger partial charge in [0.1, 0.15) is 5.54 Å². The predicted molar refractivity (Wildman–Crippen MR) is 53.0 cm³/mol. The Hall–Kier alpha value is -0.900. The van der Waals surface area contributed by atoms with Gasteiger partial charge in [-0.15, -0.1) is 0 Å². The van der Waals surface area contributed by atoms with Gasteiger partial charge in [0.15, 0.2) is 5.82 Å². The van der Waals surface area contributed by atoms with Crippen molar-refractivity contribution < 1.29 is 4.52 Å². The fraction of sp³-hybridized carbons (Fsp3) is 0.800. The molecule has 1 aliphatic rings. The normalized spacial score (nSPS) is 19.3. The zero-order valence-corrected chi connectivity index (χ0v) is 9.24. The number of nitrogens with zero attached hydrogens (tertiary/aromatic N) is 3. The van der Waals surface area contributed by atoms with Gasteiger partial charge in [0.25, 0.3) is 0 Å². The lowest BCUT2D eigenvalue weighted by Crippen LogP contribution is -2.27. The zero-order chi connectivity index (χ0) is 10.3. The second-order valence-corrected chi connectivity index (χ2v) is 4.54. The summed E-state index contributed by atoms with van der Waals surface area (Å²) in [7, 11) is 4.12. The van der Waals surface area contributed by atoms with Gasteiger partial charge in [-0.1, -0.05) is 19.0 Å². The molecule has 0 amide bonds. The van der Waals surface area contributed by atoms with Gasteiger partial charge in [0.05, 0.1) is 0 Å². The van der Waals surface area contributed by atoms with Crippen molar-refractivity contribution in [2.45, 2.75) is 38.1 Å². The zero-order valence-electron chi connectivity index (χ0n) is 9.24. The highest BCUT2D eigenvalue weighted by Crippen LogP contribution is 2.48. The fourth-order valence-electron chi connectivity index (χ4n) is 1.63. The lowest BCUT2D eigenvalue weighted by atomic mass is 10.2. The van der Waals surface area contributed by atoms with Gasteiger partial charge in [-0.3, -0.25) is 4.90 Å². The highest BCUT2D eigenvalue weighted by molar-refractivity contribution is 5.14. The molecule has 1 aromatic heterocycles. The van der Waals surface area contributed by atoms with Crippen LogP contribution in [0.3, 0.4) is 0 Å². The van der Waals surface area contributed by atoms with Crippen LogP contribution in [0.5, 0.6) is 0 Å². The quantitative estimate of drug-likeness (QED) is 0.736. The SMILES string of the molecule is CC(C)c1noc(C2(N(C)C)CC2)n1. The molecule has 0 spiro atoms. The Labute approximate surface area is 84.3 Å². The van der Waals surface area contributed by atoms with E-state index >= 15 is 0 Å². The Kier molecular flexibility index (Phi) is 2.10. The van der Waals surface area contributed by atoms with E-state index in [-0.39, 0.29) is 5.54 Å². The van der Waals surface area contributed by atoms with Gasteiger partial charge in [-0.25, -0.2) is 0 Å². The van der Waals surface area contributed by atoms with E-state index in [0.29, 0.717) is 5.92 Å². The van der Waals surface area contributed by atoms with E-state index in [1.807, 2.05) is 0 Å². The molecule has 0 atom stereocenters. The summed E-state index contributed by atoms with van der Waals surface area (Å²) < 4.78 is 5.31. The summed E-state index contributed by atoms with van der Waals surface area (Å²) in [5.41, 5.74) is 0.0418. The first-order valence-electron chi connectivity index (χ1n) is 5.08. The molecule has 0 N–H and O–H groups in total. The second kappa shape index (κ2) is 3.05. The molecule has 1 saturated carbocycles. The summed E-state index contributed by atoms with van der Waals surface area (Å²) in [6.45, 7) is 4.15. The summed E-state index contributed by atoms with van der Waals surface area (Å²) >= 11 is 0. The molecular weight excluding hydrogens is 178 g/mol. The minimum absolute atomic E-state index is 0.0418. The Bertz CT molecular complexity index is 326. The average molecular weight is 195 g/mol. The first-order valence-corrected chi connectivity index (χ1v) is 5.08. The van der Waals surface area contributed by atoms with E-state index in [9.17, 15) is 0 Å². The molecule has 1 aromatic rings. The van der Waals surface area contributed by atoms with Crippen molar-refractivity contribution in [1.29, 1.82) is 0 Å². The molecule has 4 heteroatoms. The summed E-state index contributed by atoms with van der Waals surface area (Å²) in [5.74, 6) is 1.93. The van der Waals surface area contributed by atoms with Crippen molar-refractivity contribution in [3.8, 4) is 0 Å². The molecule has 0 unspecified atom stereocenters. The highest BCUT2D eigenvalue weighted by atomic mass is 16.5. The Morgan fingerprint density at radius 1 is 1.36 bits per heavy atom. The van der Waals surface area contributed by atoms with Gasteiger partial charge in [0.2, 0.25) is 5.89 Å². The molecule has 1 aliphatic carbocycles. The van der Waals surface area contributed by atoms with Crippen molar-refractivity contribution in [3.63, 3.8) is 0 Å². The monoisotopic (exact) mass is 195 g/mol. The van der Waals surface area contributed by atoms with E-state index < -0.39 is 0 Å². The molecule has 1 heterocycles. The molecule has 0 bridgehead atoms. The molecule has 2 rings (SSSR count). The molecule has 0 radical (unpaired) electrons. The first-order chi connectivity index (χ1) is 6.56. The van der Waals surface area contributed by atoms with E-state index in [1.165, 1.54) is 0 Å². The summed E-state index contributed by atoms with van der Waals surface area (Å²) in [5, 5.41) is 3.99. The van der Waals surface area contributed by atoms with Gasteiger partial charge in [-0.2, -0.15) is 4.98 Å². The molecule has 4 nitrogen and oxygen atoms in total. The van der Waals surface area contributed by atoms with Crippen molar-refractivity contribution in [1.82, 2.24) is 15.0 Å². The first kappa shape index (κ1) is 9.65. The van der Waals surface area contributed by atoms with E-state index in [4.69, 9.17) is 4.52 Å². The Balaban J connectivity index is 2.25. The minimum atomic E-state index is 0.0418. The Morgan fingerprint density at radius 3 is 2.36 bits per heavy atom. The van der Waals surface area contributed by atoms with Crippen molar-refractivity contribution in [3.05, 3.63) is 11.7 Å². The molecule has 0 saturated heterocycles. The van der Waals surface area contributed by atoms with E-state index in [0.717, 1.165) is 24.6 Å². The lowest BCUT2D eigenvalue weighted by molar-refractivity contribution is 0.207.